The van der Waals surface area contributed by atoms with Crippen LogP contribution in [0.2, 0.25) is 0 Å². The lowest BCUT2D eigenvalue weighted by molar-refractivity contribution is 0.672. The summed E-state index contributed by atoms with van der Waals surface area (Å²) >= 11 is 0. The van der Waals surface area contributed by atoms with Crippen LogP contribution in [0.1, 0.15) is 0 Å². The molecule has 0 N–H and O–H groups in total. The van der Waals surface area contributed by atoms with E-state index in [4.69, 9.17) is 14.4 Å². The van der Waals surface area contributed by atoms with E-state index in [1.165, 1.54) is 44.0 Å². The second-order valence-corrected chi connectivity index (χ2v) is 13.3. The average molecular weight is 649 g/mol. The summed E-state index contributed by atoms with van der Waals surface area (Å²) in [5.41, 5.74) is 14.2. The molecule has 0 radical (unpaired) electrons. The molecule has 3 heteroatoms. The number of furan rings is 1. The number of hydrogen-bond acceptors (Lipinski definition) is 3. The van der Waals surface area contributed by atoms with Gasteiger partial charge in [-0.1, -0.05) is 146 Å². The third kappa shape index (κ3) is 4.32. The standard InChI is InChI=1S/C48H28N2O/c1-2-11-31(12-3-1)42-28-43(34-25-20-29-10-4-5-13-33(29)26-34)50-48(49-42)32-23-21-30(22-24-32)35-15-8-16-37-38-17-9-18-39-46(38)41(45(35)37)27-40-36-14-6-7-19-44(36)51-47(39)40/h1-28H. The first-order chi connectivity index (χ1) is 25.3. The van der Waals surface area contributed by atoms with Gasteiger partial charge in [-0.25, -0.2) is 9.97 Å². The lowest BCUT2D eigenvalue weighted by atomic mass is 9.92. The summed E-state index contributed by atoms with van der Waals surface area (Å²) in [7, 11) is 0. The Balaban J connectivity index is 1.05. The van der Waals surface area contributed by atoms with E-state index in [1.54, 1.807) is 0 Å². The topological polar surface area (TPSA) is 38.9 Å². The van der Waals surface area contributed by atoms with Gasteiger partial charge in [0.2, 0.25) is 0 Å². The normalized spacial score (nSPS) is 11.9. The monoisotopic (exact) mass is 648 g/mol. The zero-order chi connectivity index (χ0) is 33.5. The van der Waals surface area contributed by atoms with Crippen molar-refractivity contribution < 1.29 is 4.42 Å². The molecule has 0 fully saturated rings. The van der Waals surface area contributed by atoms with Crippen LogP contribution in [0.3, 0.4) is 0 Å². The number of benzene rings is 8. The van der Waals surface area contributed by atoms with Crippen LogP contribution in [-0.4, -0.2) is 9.97 Å². The highest BCUT2D eigenvalue weighted by atomic mass is 16.3. The zero-order valence-electron chi connectivity index (χ0n) is 27.5. The fraction of sp³-hybridized carbons (Fsp3) is 0. The summed E-state index contributed by atoms with van der Waals surface area (Å²) in [4.78, 5) is 10.3. The number of hydrogen-bond donors (Lipinski definition) is 0. The van der Waals surface area contributed by atoms with E-state index in [9.17, 15) is 0 Å². The molecule has 0 aliphatic heterocycles. The van der Waals surface area contributed by atoms with Crippen LogP contribution in [0.25, 0.3) is 111 Å². The van der Waals surface area contributed by atoms with Gasteiger partial charge in [0.1, 0.15) is 11.2 Å². The Morgan fingerprint density at radius 2 is 1.04 bits per heavy atom. The first-order valence-corrected chi connectivity index (χ1v) is 17.3. The Labute approximate surface area is 294 Å². The number of rotatable bonds is 4. The van der Waals surface area contributed by atoms with Crippen molar-refractivity contribution in [2.24, 2.45) is 0 Å². The van der Waals surface area contributed by atoms with Crippen molar-refractivity contribution >= 4 is 43.5 Å². The van der Waals surface area contributed by atoms with E-state index in [2.05, 4.69) is 158 Å². The van der Waals surface area contributed by atoms with Gasteiger partial charge in [-0.05, 0) is 68.4 Å². The van der Waals surface area contributed by atoms with Crippen molar-refractivity contribution in [2.75, 3.05) is 0 Å². The second kappa shape index (κ2) is 10.8. The molecule has 11 rings (SSSR count). The first-order valence-electron chi connectivity index (χ1n) is 17.3. The van der Waals surface area contributed by atoms with Gasteiger partial charge in [-0.2, -0.15) is 0 Å². The van der Waals surface area contributed by atoms with Gasteiger partial charge in [0.15, 0.2) is 5.82 Å². The van der Waals surface area contributed by atoms with Crippen LogP contribution >= 0.6 is 0 Å². The molecule has 1 aliphatic carbocycles. The van der Waals surface area contributed by atoms with Gasteiger partial charge in [0.05, 0.1) is 11.4 Å². The van der Waals surface area contributed by atoms with Crippen LogP contribution in [0.4, 0.5) is 0 Å². The lowest BCUT2D eigenvalue weighted by Crippen LogP contribution is -1.96. The summed E-state index contributed by atoms with van der Waals surface area (Å²) in [6.07, 6.45) is 0. The minimum atomic E-state index is 0.704. The van der Waals surface area contributed by atoms with E-state index in [1.807, 2.05) is 12.1 Å². The Hall–Kier alpha value is -6.84. The van der Waals surface area contributed by atoms with Crippen LogP contribution < -0.4 is 0 Å². The van der Waals surface area contributed by atoms with Gasteiger partial charge in [-0.3, -0.25) is 0 Å². The van der Waals surface area contributed by atoms with Gasteiger partial charge >= 0.3 is 0 Å². The van der Waals surface area contributed by atoms with Crippen molar-refractivity contribution in [1.82, 2.24) is 9.97 Å². The van der Waals surface area contributed by atoms with Crippen molar-refractivity contribution in [1.29, 1.82) is 0 Å². The number of aromatic nitrogens is 2. The molecule has 51 heavy (non-hydrogen) atoms. The quantitative estimate of drug-likeness (QED) is 0.191. The summed E-state index contributed by atoms with van der Waals surface area (Å²) in [6.45, 7) is 0. The minimum Gasteiger partial charge on any atom is -0.455 e. The van der Waals surface area contributed by atoms with Crippen molar-refractivity contribution in [3.63, 3.8) is 0 Å². The molecule has 0 saturated heterocycles. The predicted octanol–water partition coefficient (Wildman–Crippen LogP) is 13.0. The van der Waals surface area contributed by atoms with Crippen molar-refractivity contribution in [3.05, 3.63) is 170 Å². The second-order valence-electron chi connectivity index (χ2n) is 13.3. The fourth-order valence-corrected chi connectivity index (χ4v) is 8.01. The van der Waals surface area contributed by atoms with Crippen molar-refractivity contribution in [2.45, 2.75) is 0 Å². The molecule has 0 atom stereocenters. The number of fused-ring (bicyclic) bond motifs is 8. The van der Waals surface area contributed by atoms with Gasteiger partial charge in [-0.15, -0.1) is 0 Å². The third-order valence-electron chi connectivity index (χ3n) is 10.4. The summed E-state index contributed by atoms with van der Waals surface area (Å²) in [5, 5.41) is 7.12. The first kappa shape index (κ1) is 28.0. The third-order valence-corrected chi connectivity index (χ3v) is 10.4. The summed E-state index contributed by atoms with van der Waals surface area (Å²) in [5.74, 6) is 0.704. The van der Waals surface area contributed by atoms with Crippen LogP contribution in [0.5, 0.6) is 0 Å². The highest BCUT2D eigenvalue weighted by molar-refractivity contribution is 6.27. The smallest absolute Gasteiger partial charge is 0.160 e. The minimum absolute atomic E-state index is 0.704. The number of nitrogens with zero attached hydrogens (tertiary/aromatic N) is 2. The highest BCUT2D eigenvalue weighted by Gasteiger charge is 2.27. The Kier molecular flexibility index (Phi) is 5.96. The largest absolute Gasteiger partial charge is 0.455 e. The fourth-order valence-electron chi connectivity index (χ4n) is 8.01. The molecule has 2 aromatic heterocycles. The van der Waals surface area contributed by atoms with Crippen molar-refractivity contribution in [3.8, 4) is 67.3 Å². The maximum atomic E-state index is 6.45. The van der Waals surface area contributed by atoms with E-state index in [-0.39, 0.29) is 0 Å². The Morgan fingerprint density at radius 3 is 1.92 bits per heavy atom. The van der Waals surface area contributed by atoms with Crippen LogP contribution in [-0.2, 0) is 0 Å². The van der Waals surface area contributed by atoms with E-state index >= 15 is 0 Å². The molecule has 8 aromatic carbocycles. The van der Waals surface area contributed by atoms with E-state index < -0.39 is 0 Å². The molecule has 3 nitrogen and oxygen atoms in total. The Bertz CT molecular complexity index is 3010. The molecule has 236 valence electrons. The maximum absolute atomic E-state index is 6.45. The van der Waals surface area contributed by atoms with Gasteiger partial charge in [0.25, 0.3) is 0 Å². The predicted molar refractivity (Wildman–Crippen MR) is 210 cm³/mol. The molecule has 0 unspecified atom stereocenters. The molecule has 10 aromatic rings. The molecule has 0 saturated carbocycles. The van der Waals surface area contributed by atoms with Gasteiger partial charge < -0.3 is 4.42 Å². The Morgan fingerprint density at radius 1 is 0.373 bits per heavy atom. The summed E-state index contributed by atoms with van der Waals surface area (Å²) in [6, 6.07) is 60.1. The SMILES string of the molecule is c1ccc(-c2cc(-c3ccc4ccccc4c3)nc(-c3ccc(-c4cccc5c4-c4cc6c7ccccc7oc6c6cccc-5c46)cc3)n2)cc1. The molecule has 0 spiro atoms. The number of para-hydroxylation sites is 1. The summed E-state index contributed by atoms with van der Waals surface area (Å²) < 4.78 is 6.45. The van der Waals surface area contributed by atoms with Gasteiger partial charge in [0, 0.05) is 38.2 Å². The van der Waals surface area contributed by atoms with Crippen LogP contribution in [0.15, 0.2) is 174 Å². The molecular weight excluding hydrogens is 621 g/mol. The molecule has 1 aliphatic rings. The average Bonchev–Trinajstić information content (AvgIpc) is 3.75. The molecule has 2 heterocycles. The van der Waals surface area contributed by atoms with E-state index in [0.29, 0.717) is 5.82 Å². The maximum Gasteiger partial charge on any atom is 0.160 e. The molecule has 0 bridgehead atoms. The molecule has 0 amide bonds. The lowest BCUT2D eigenvalue weighted by Gasteiger charge is -2.13. The zero-order valence-corrected chi connectivity index (χ0v) is 27.5. The highest BCUT2D eigenvalue weighted by Crippen LogP contribution is 2.53. The van der Waals surface area contributed by atoms with E-state index in [0.717, 1.165) is 61.0 Å². The molecular formula is C48H28N2O. The van der Waals surface area contributed by atoms with Crippen LogP contribution in [0, 0.1) is 0 Å².